The number of amides is 11. The number of nitrogens with two attached hydrogens (primary N) is 3. The maximum absolute atomic E-state index is 15.3. The van der Waals surface area contributed by atoms with Gasteiger partial charge in [-0.15, -0.1) is 0 Å². The summed E-state index contributed by atoms with van der Waals surface area (Å²) in [4.78, 5) is 185. The first-order chi connectivity index (χ1) is 50.3. The normalized spacial score (nSPS) is 24.8. The Morgan fingerprint density at radius 3 is 1.94 bits per heavy atom. The van der Waals surface area contributed by atoms with Crippen molar-refractivity contribution < 1.29 is 82.9 Å². The van der Waals surface area contributed by atoms with Crippen LogP contribution < -0.4 is 85.6 Å². The number of benzene rings is 2. The Morgan fingerprint density at radius 2 is 1.27 bits per heavy atom. The van der Waals surface area contributed by atoms with E-state index in [0.29, 0.717) is 80.3 Å². The molecule has 1 aromatic heterocycles. The number of carbonyl (C=O) groups is 12. The predicted octanol–water partition coefficient (Wildman–Crippen LogP) is -2.74. The number of nitrogens with zero attached hydrogens (tertiary/aromatic N) is 2. The first kappa shape index (κ1) is 84.8. The molecule has 0 radical (unpaired) electrons. The molecule has 3 aliphatic heterocycles. The van der Waals surface area contributed by atoms with Crippen molar-refractivity contribution in [2.24, 2.45) is 34.2 Å². The molecule has 1 fully saturated rings. The highest BCUT2D eigenvalue weighted by Gasteiger charge is 2.41. The number of guanidine groups is 1. The number of aliphatic carboxylic acids is 1. The molecule has 0 spiro atoms. The molecule has 32 nitrogen and oxygen atoms in total. The summed E-state index contributed by atoms with van der Waals surface area (Å²) in [6, 6.07) is -1.02. The zero-order valence-electron chi connectivity index (χ0n) is 60.8. The van der Waals surface area contributed by atoms with E-state index in [1.54, 1.807) is 40.0 Å². The number of aromatic amines is 1. The van der Waals surface area contributed by atoms with Gasteiger partial charge in [-0.25, -0.2) is 0 Å². The van der Waals surface area contributed by atoms with Crippen molar-refractivity contribution >= 4 is 118 Å². The number of nitrogens with one attached hydrogen (secondary N) is 11. The summed E-state index contributed by atoms with van der Waals surface area (Å²) >= 11 is 2.56. The number of unbranched alkanes of at least 4 members (excludes halogenated alkanes) is 2. The highest BCUT2D eigenvalue weighted by atomic mass is 32.2. The molecule has 578 valence electrons. The van der Waals surface area contributed by atoms with E-state index in [0.717, 1.165) is 30.2 Å². The van der Waals surface area contributed by atoms with Crippen LogP contribution in [0.15, 0.2) is 53.8 Å². The molecule has 4 bridgehead atoms. The van der Waals surface area contributed by atoms with E-state index in [-0.39, 0.29) is 93.6 Å². The molecule has 105 heavy (non-hydrogen) atoms. The molecule has 0 aliphatic carbocycles. The molecule has 0 unspecified atom stereocenters. The molecule has 3 aromatic rings. The molecule has 1 saturated heterocycles. The Kier molecular flexibility index (Phi) is 35.5. The first-order valence-corrected chi connectivity index (χ1v) is 38.7. The monoisotopic (exact) mass is 1500 g/mol. The third-order valence-corrected chi connectivity index (χ3v) is 20.6. The first-order valence-electron chi connectivity index (χ1n) is 36.4. The summed E-state index contributed by atoms with van der Waals surface area (Å²) in [5.74, 6) is -11.3. The van der Waals surface area contributed by atoms with Gasteiger partial charge in [0.15, 0.2) is 0 Å². The van der Waals surface area contributed by atoms with Crippen molar-refractivity contribution in [1.82, 2.24) is 57.7 Å². The van der Waals surface area contributed by atoms with Gasteiger partial charge in [0.2, 0.25) is 59.1 Å². The second kappa shape index (κ2) is 43.9. The average molecular weight is 1500 g/mol. The molecule has 0 saturated carbocycles. The summed E-state index contributed by atoms with van der Waals surface area (Å²) in [6.07, 6.45) is 7.08. The fraction of sp³-hybridized carbons (Fsp3) is 0.606. The third-order valence-electron chi connectivity index (χ3n) is 18.4. The molecule has 20 N–H and O–H groups in total. The second-order valence-corrected chi connectivity index (χ2v) is 29.2. The van der Waals surface area contributed by atoms with Crippen LogP contribution in [-0.2, 0) is 80.3 Å². The van der Waals surface area contributed by atoms with E-state index in [1.807, 2.05) is 43.3 Å². The molecule has 6 rings (SSSR count). The van der Waals surface area contributed by atoms with Crippen molar-refractivity contribution in [3.05, 3.63) is 65.4 Å². The van der Waals surface area contributed by atoms with Gasteiger partial charge in [-0.05, 0) is 124 Å². The maximum Gasteiger partial charge on any atom is 0.338 e. The lowest BCUT2D eigenvalue weighted by atomic mass is 9.96. The van der Waals surface area contributed by atoms with E-state index >= 15 is 4.79 Å². The van der Waals surface area contributed by atoms with E-state index in [9.17, 15) is 57.8 Å². The number of ether oxygens (including phenoxy) is 1. The lowest BCUT2D eigenvalue weighted by Crippen LogP contribution is -2.78. The number of hydrogen-bond acceptors (Lipinski definition) is 18. The highest BCUT2D eigenvalue weighted by Crippen LogP contribution is 2.28. The number of quaternary nitrogens is 1. The largest absolute Gasteiger partial charge is 0.550 e. The van der Waals surface area contributed by atoms with Crippen LogP contribution in [0, 0.1) is 11.8 Å². The highest BCUT2D eigenvalue weighted by molar-refractivity contribution is 7.98. The summed E-state index contributed by atoms with van der Waals surface area (Å²) in [7, 11) is 0. The predicted molar refractivity (Wildman–Crippen MR) is 394 cm³/mol. The number of thioether (sulfide) groups is 2. The molecule has 2 aromatic carbocycles. The molecule has 11 atom stereocenters. The number of primary amides is 1. The number of carbonyl (C=O) groups excluding carboxylic acids is 12. The fourth-order valence-electron chi connectivity index (χ4n) is 12.3. The minimum absolute atomic E-state index is 0.00985. The van der Waals surface area contributed by atoms with E-state index in [1.165, 1.54) is 28.4 Å². The Morgan fingerprint density at radius 1 is 0.667 bits per heavy atom. The van der Waals surface area contributed by atoms with E-state index in [2.05, 4.69) is 68.7 Å². The zero-order chi connectivity index (χ0) is 76.5. The van der Waals surface area contributed by atoms with Gasteiger partial charge in [0.1, 0.15) is 79.0 Å². The summed E-state index contributed by atoms with van der Waals surface area (Å²) in [5, 5.41) is 41.6. The van der Waals surface area contributed by atoms with Gasteiger partial charge in [0.05, 0.1) is 19.7 Å². The minimum Gasteiger partial charge on any atom is -0.550 e. The Labute approximate surface area is 620 Å². The van der Waals surface area contributed by atoms with Gasteiger partial charge >= 0.3 is 5.96 Å². The number of carboxylic acids is 1. The van der Waals surface area contributed by atoms with Crippen LogP contribution in [0.1, 0.15) is 154 Å². The summed E-state index contributed by atoms with van der Waals surface area (Å²) in [6.45, 7) is 9.85. The molecule has 4 heterocycles. The number of hydrogen-bond donors (Lipinski definition) is 15. The second-order valence-electron chi connectivity index (χ2n) is 27.1. The third kappa shape index (κ3) is 27.7. The Balaban J connectivity index is 1.44. The smallest absolute Gasteiger partial charge is 0.338 e. The number of para-hydroxylation sites is 1. The van der Waals surface area contributed by atoms with Crippen LogP contribution in [0.5, 0.6) is 5.75 Å². The topological polar surface area (TPSA) is 506 Å². The molecule has 34 heteroatoms. The van der Waals surface area contributed by atoms with Crippen molar-refractivity contribution in [3.63, 3.8) is 0 Å². The van der Waals surface area contributed by atoms with Crippen molar-refractivity contribution in [1.29, 1.82) is 0 Å². The van der Waals surface area contributed by atoms with Crippen LogP contribution in [0.25, 0.3) is 10.9 Å². The van der Waals surface area contributed by atoms with Crippen LogP contribution in [-0.4, -0.2) is 198 Å². The molecule has 11 amide bonds. The molecule has 3 aliphatic rings. The Bertz CT molecular complexity index is 3520. The van der Waals surface area contributed by atoms with Crippen molar-refractivity contribution in [2.75, 3.05) is 44.4 Å². The van der Waals surface area contributed by atoms with Gasteiger partial charge in [0.25, 0.3) is 5.91 Å². The lowest BCUT2D eigenvalue weighted by Gasteiger charge is -2.31. The molecular formula is C71H108N17O15S2+. The van der Waals surface area contributed by atoms with Crippen LogP contribution in [0.4, 0.5) is 0 Å². The van der Waals surface area contributed by atoms with Crippen molar-refractivity contribution in [3.8, 4) is 5.75 Å². The zero-order valence-corrected chi connectivity index (χ0v) is 62.4. The number of rotatable bonds is 19. The van der Waals surface area contributed by atoms with Gasteiger partial charge in [0, 0.05) is 65.5 Å². The van der Waals surface area contributed by atoms with Crippen LogP contribution in [0.2, 0.25) is 0 Å². The summed E-state index contributed by atoms with van der Waals surface area (Å²) < 4.78 is 6.34. The number of aromatic nitrogens is 1. The average Bonchev–Trinajstić information content (AvgIpc) is 1.81. The lowest BCUT2D eigenvalue weighted by molar-refractivity contribution is -0.459. The quantitative estimate of drug-likeness (QED) is 0.0329. The standard InChI is InChI=1S/C71H107N17O15S2/c1-6-8-20-50-63(94)82-53(34-58(90)91)66(97)87-60(42(5)7-2)69(100)83-52(33-45-35-77-48-21-12-11-19-47(45)48)65(96)86-59(41(3)4)68(99)81-51(22-13-14-25-72)64(95)84-54(61(73)92)39-104-37-43-30-44-32-46(31-43)102-28-15-9-10-16-29-103-78-36-57(89)79-49(23-17-26-76-71(74)75)62(93)85-55(40-105-38-44)70(101)88-27-18-24-56(88)67(98)80-50/h11-12,19,21,30-32,35-36,41-42,49-56,59-60,77H,6-10,13-18,20,22-29,33-34,37-40,72H2,1-5H3,(H2,73,92)(H,79,89)(H,80,98)(H,81,99)(H,82,94)(H,83,100)(H,84,95)(H,85,93)(H,86,96)(H,87,97)(H,90,91)(H4,74,75,76)/p+1/b78-36+/t42-,49-,50-,51-,52-,53-,54-,55-,56-,59-,60-/m0/s1. The van der Waals surface area contributed by atoms with Gasteiger partial charge in [-0.3, -0.25) is 69.2 Å². The Hall–Kier alpha value is -9.18. The van der Waals surface area contributed by atoms with Crippen molar-refractivity contribution in [2.45, 2.75) is 216 Å². The van der Waals surface area contributed by atoms with Gasteiger partial charge in [-0.1, -0.05) is 83.3 Å². The number of H-pyrrole nitrogens is 1. The maximum atomic E-state index is 15.3. The van der Waals surface area contributed by atoms with E-state index < -0.39 is 150 Å². The number of fused-ring (bicyclic) bond motifs is 7. The van der Waals surface area contributed by atoms with Gasteiger partial charge < -0.3 is 88.7 Å². The van der Waals surface area contributed by atoms with E-state index in [4.69, 9.17) is 26.8 Å². The fourth-order valence-corrected chi connectivity index (χ4v) is 14.3. The van der Waals surface area contributed by atoms with Gasteiger partial charge in [-0.2, -0.15) is 23.5 Å². The minimum atomic E-state index is -1.90. The molecular weight excluding hydrogens is 1400 g/mol. The summed E-state index contributed by atoms with van der Waals surface area (Å²) in [5.41, 5.74) is 24.0. The SMILES string of the molecule is CCCC[C@@H]1NC(=O)[C@@H]2CCCN2C(=O)[C@@H]2CSCc3cc(cc(c3)OCCCCCCO/N=C/C(=O)N[C@@H](CCC[NH+]=C(N)N)C(=O)N2)CSC[C@@H](C(N)=O)NC(=O)[C@H](CCCC[NH3+])NC(=O)[C@H](C(C)C)NC(=O)[C@H](Cc2c[nH]c3ccccc23)NC(=O)[C@H]([C@@H](C)CC)NC(=O)[C@H](CC(=O)[O-])NC1=O. The van der Waals surface area contributed by atoms with Crippen LogP contribution in [0.3, 0.4) is 0 Å². The van der Waals surface area contributed by atoms with Crippen LogP contribution >= 0.6 is 23.5 Å². The number of carboxylic acid groups (broad SMARTS) is 1. The number of oxime groups is 1.